The summed E-state index contributed by atoms with van der Waals surface area (Å²) in [4.78, 5) is 0. The molecule has 0 aromatic heterocycles. The van der Waals surface area contributed by atoms with Gasteiger partial charge >= 0.3 is 0 Å². The van der Waals surface area contributed by atoms with E-state index in [-0.39, 0.29) is 5.92 Å². The number of rotatable bonds is 5. The Morgan fingerprint density at radius 3 is 1.38 bits per heavy atom. The quantitative estimate of drug-likeness (QED) is 0.376. The third-order valence-corrected chi connectivity index (χ3v) is 10.2. The van der Waals surface area contributed by atoms with Crippen LogP contribution in [0.4, 0.5) is 17.6 Å². The molecule has 0 aromatic carbocycles. The molecule has 4 unspecified atom stereocenters. The summed E-state index contributed by atoms with van der Waals surface area (Å²) in [6.45, 7) is 1.09. The van der Waals surface area contributed by atoms with Crippen molar-refractivity contribution >= 4 is 0 Å². The van der Waals surface area contributed by atoms with Crippen LogP contribution in [0.15, 0.2) is 0 Å². The Balaban J connectivity index is 1.19. The van der Waals surface area contributed by atoms with Crippen molar-refractivity contribution in [3.05, 3.63) is 0 Å². The maximum absolute atomic E-state index is 14.7. The van der Waals surface area contributed by atoms with Gasteiger partial charge in [0, 0.05) is 13.0 Å². The second kappa shape index (κ2) is 10.5. The summed E-state index contributed by atoms with van der Waals surface area (Å²) in [5, 5.41) is 0. The highest BCUT2D eigenvalue weighted by molar-refractivity contribution is 4.94. The molecule has 4 saturated carbocycles. The monoisotopic (exact) mass is 460 g/mol. The summed E-state index contributed by atoms with van der Waals surface area (Å²) in [6, 6.07) is 0. The van der Waals surface area contributed by atoms with E-state index in [1.165, 1.54) is 45.6 Å². The summed E-state index contributed by atoms with van der Waals surface area (Å²) in [6.07, 6.45) is 10.9. The molecule has 4 aliphatic carbocycles. The molecule has 0 bridgehead atoms. The molecule has 0 amide bonds. The third-order valence-electron chi connectivity index (χ3n) is 10.2. The molecule has 4 rings (SSSR count). The molecule has 1 nitrogen and oxygen atoms in total. The summed E-state index contributed by atoms with van der Waals surface area (Å²) < 4.78 is 61.4. The van der Waals surface area contributed by atoms with Crippen molar-refractivity contribution in [2.75, 3.05) is 7.11 Å². The van der Waals surface area contributed by atoms with E-state index >= 15 is 0 Å². The van der Waals surface area contributed by atoms with E-state index in [9.17, 15) is 17.6 Å². The zero-order valence-corrected chi connectivity index (χ0v) is 20.1. The van der Waals surface area contributed by atoms with Gasteiger partial charge in [-0.3, -0.25) is 0 Å². The standard InChI is InChI=1S/C27H44F4O/c1-27(30,31)22-13-11-20(12-14-22)18-5-3-17(4-6-18)19-7-9-21(10-8-19)23-15-16-24(32-2)26(29)25(23)28/h17-26H,3-16H2,1-2H3. The van der Waals surface area contributed by atoms with Crippen molar-refractivity contribution in [3.63, 3.8) is 0 Å². The van der Waals surface area contributed by atoms with Gasteiger partial charge in [0.1, 0.15) is 6.17 Å². The SMILES string of the molecule is COC1CCC(C2CCC(C3CCC(C4CCC(C(C)(F)F)CC4)CC3)CC2)C(F)C1F. The largest absolute Gasteiger partial charge is 0.378 e. The molecule has 0 spiro atoms. The molecule has 5 heteroatoms. The molecular formula is C27H44F4O. The minimum atomic E-state index is -2.52. The molecule has 0 heterocycles. The normalized spacial score (nSPS) is 46.7. The number of methoxy groups -OCH3 is 1. The zero-order chi connectivity index (χ0) is 22.9. The van der Waals surface area contributed by atoms with Gasteiger partial charge in [0.05, 0.1) is 6.10 Å². The van der Waals surface area contributed by atoms with Crippen LogP contribution in [0.1, 0.15) is 96.8 Å². The smallest absolute Gasteiger partial charge is 0.248 e. The maximum Gasteiger partial charge on any atom is 0.248 e. The predicted molar refractivity (Wildman–Crippen MR) is 120 cm³/mol. The number of halogens is 4. The lowest BCUT2D eigenvalue weighted by atomic mass is 9.63. The molecular weight excluding hydrogens is 416 g/mol. The Labute approximate surface area is 192 Å². The van der Waals surface area contributed by atoms with E-state index < -0.39 is 30.3 Å². The topological polar surface area (TPSA) is 9.23 Å². The van der Waals surface area contributed by atoms with Crippen molar-refractivity contribution in [2.24, 2.45) is 41.4 Å². The number of alkyl halides is 4. The molecule has 4 fully saturated rings. The highest BCUT2D eigenvalue weighted by Gasteiger charge is 2.45. The summed E-state index contributed by atoms with van der Waals surface area (Å²) in [5.74, 6) is 0.198. The second-order valence-electron chi connectivity index (χ2n) is 11.8. The lowest BCUT2D eigenvalue weighted by Crippen LogP contribution is -2.45. The summed E-state index contributed by atoms with van der Waals surface area (Å²) >= 11 is 0. The van der Waals surface area contributed by atoms with Gasteiger partial charge in [0.25, 0.3) is 0 Å². The van der Waals surface area contributed by atoms with E-state index in [1.54, 1.807) is 0 Å². The van der Waals surface area contributed by atoms with E-state index in [2.05, 4.69) is 0 Å². The third kappa shape index (κ3) is 5.49. The Bertz CT molecular complexity index is 569. The minimum absolute atomic E-state index is 0.126. The van der Waals surface area contributed by atoms with E-state index in [0.29, 0.717) is 31.1 Å². The van der Waals surface area contributed by atoms with Gasteiger partial charge in [0.15, 0.2) is 6.17 Å². The lowest BCUT2D eigenvalue weighted by molar-refractivity contribution is -0.0732. The fourth-order valence-electron chi connectivity index (χ4n) is 8.09. The molecule has 186 valence electrons. The van der Waals surface area contributed by atoms with Gasteiger partial charge in [-0.1, -0.05) is 0 Å². The van der Waals surface area contributed by atoms with Crippen LogP contribution in [0.25, 0.3) is 0 Å². The first-order valence-corrected chi connectivity index (χ1v) is 13.5. The molecule has 4 atom stereocenters. The van der Waals surface area contributed by atoms with Crippen molar-refractivity contribution in [1.82, 2.24) is 0 Å². The van der Waals surface area contributed by atoms with E-state index in [1.807, 2.05) is 0 Å². The van der Waals surface area contributed by atoms with Gasteiger partial charge < -0.3 is 4.74 Å². The fourth-order valence-corrected chi connectivity index (χ4v) is 8.09. The average Bonchev–Trinajstić information content (AvgIpc) is 2.81. The van der Waals surface area contributed by atoms with Gasteiger partial charge in [-0.15, -0.1) is 0 Å². The van der Waals surface area contributed by atoms with Crippen LogP contribution < -0.4 is 0 Å². The molecule has 0 saturated heterocycles. The minimum Gasteiger partial charge on any atom is -0.378 e. The molecule has 0 radical (unpaired) electrons. The van der Waals surface area contributed by atoms with Crippen LogP contribution in [0, 0.1) is 41.4 Å². The first-order valence-electron chi connectivity index (χ1n) is 13.5. The highest BCUT2D eigenvalue weighted by atomic mass is 19.3. The fraction of sp³-hybridized carbons (Fsp3) is 1.00. The van der Waals surface area contributed by atoms with Crippen LogP contribution in [0.3, 0.4) is 0 Å². The Hall–Kier alpha value is -0.320. The number of hydrogen-bond donors (Lipinski definition) is 0. The van der Waals surface area contributed by atoms with Crippen molar-refractivity contribution in [1.29, 1.82) is 0 Å². The second-order valence-corrected chi connectivity index (χ2v) is 11.8. The van der Waals surface area contributed by atoms with Gasteiger partial charge in [-0.2, -0.15) is 0 Å². The van der Waals surface area contributed by atoms with Crippen LogP contribution in [0.2, 0.25) is 0 Å². The van der Waals surface area contributed by atoms with Crippen molar-refractivity contribution in [2.45, 2.75) is 121 Å². The lowest BCUT2D eigenvalue weighted by Gasteiger charge is -2.44. The molecule has 0 N–H and O–H groups in total. The zero-order valence-electron chi connectivity index (χ0n) is 20.1. The van der Waals surface area contributed by atoms with Gasteiger partial charge in [-0.05, 0) is 132 Å². The van der Waals surface area contributed by atoms with Crippen LogP contribution >= 0.6 is 0 Å². The van der Waals surface area contributed by atoms with E-state index in [4.69, 9.17) is 4.74 Å². The number of hydrogen-bond acceptors (Lipinski definition) is 1. The highest BCUT2D eigenvalue weighted by Crippen LogP contribution is 2.49. The van der Waals surface area contributed by atoms with Crippen LogP contribution in [-0.4, -0.2) is 31.5 Å². The molecule has 0 aliphatic heterocycles. The van der Waals surface area contributed by atoms with Crippen molar-refractivity contribution < 1.29 is 22.3 Å². The van der Waals surface area contributed by atoms with E-state index in [0.717, 1.165) is 56.8 Å². The molecule has 4 aliphatic rings. The van der Waals surface area contributed by atoms with Gasteiger partial charge in [0.2, 0.25) is 5.92 Å². The maximum atomic E-state index is 14.7. The van der Waals surface area contributed by atoms with Crippen molar-refractivity contribution in [3.8, 4) is 0 Å². The molecule has 0 aromatic rings. The Kier molecular flexibility index (Phi) is 8.15. The summed E-state index contributed by atoms with van der Waals surface area (Å²) in [5.41, 5.74) is 0. The molecule has 32 heavy (non-hydrogen) atoms. The predicted octanol–water partition coefficient (Wildman–Crippen LogP) is 8.16. The Morgan fingerprint density at radius 2 is 0.969 bits per heavy atom. The first-order chi connectivity index (χ1) is 15.3. The van der Waals surface area contributed by atoms with Crippen LogP contribution in [0.5, 0.6) is 0 Å². The average molecular weight is 461 g/mol. The number of ether oxygens (including phenoxy) is 1. The Morgan fingerprint density at radius 1 is 0.562 bits per heavy atom. The van der Waals surface area contributed by atoms with Gasteiger partial charge in [-0.25, -0.2) is 17.6 Å². The van der Waals surface area contributed by atoms with Crippen LogP contribution in [-0.2, 0) is 4.74 Å². The summed E-state index contributed by atoms with van der Waals surface area (Å²) in [7, 11) is 1.48. The first kappa shape index (κ1) is 24.8.